The second-order valence-corrected chi connectivity index (χ2v) is 6.34. The van der Waals surface area contributed by atoms with Crippen LogP contribution in [0.25, 0.3) is 6.08 Å². The summed E-state index contributed by atoms with van der Waals surface area (Å²) in [6.07, 6.45) is 1.64. The zero-order chi connectivity index (χ0) is 15.9. The number of amides is 1. The van der Waals surface area contributed by atoms with Gasteiger partial charge in [0.2, 0.25) is 6.79 Å². The molecule has 1 amide bonds. The predicted molar refractivity (Wildman–Crippen MR) is 82.0 cm³/mol. The van der Waals surface area contributed by atoms with Crippen LogP contribution in [0, 0.1) is 0 Å². The van der Waals surface area contributed by atoms with Crippen molar-refractivity contribution in [3.8, 4) is 11.5 Å². The van der Waals surface area contributed by atoms with E-state index < -0.39 is 17.9 Å². The average Bonchev–Trinajstić information content (AvgIpc) is 3.03. The summed E-state index contributed by atoms with van der Waals surface area (Å²) in [5, 5.41) is 10.9. The third-order valence-electron chi connectivity index (χ3n) is 3.25. The van der Waals surface area contributed by atoms with Crippen LogP contribution < -0.4 is 14.6 Å². The molecule has 2 aliphatic heterocycles. The number of ether oxygens (including phenoxy) is 2. The maximum absolute atomic E-state index is 12.3. The first-order valence-electron chi connectivity index (χ1n) is 6.35. The molecule has 1 saturated heterocycles. The van der Waals surface area contributed by atoms with Crippen LogP contribution in [0.15, 0.2) is 23.1 Å². The van der Waals surface area contributed by atoms with Crippen LogP contribution in [-0.2, 0) is 9.59 Å². The third-order valence-corrected chi connectivity index (χ3v) is 4.58. The van der Waals surface area contributed by atoms with Crippen molar-refractivity contribution in [2.75, 3.05) is 6.79 Å². The number of thiocarbonyl (C=S) groups is 1. The fraction of sp³-hybridized carbons (Fsp3) is 0.214. The summed E-state index contributed by atoms with van der Waals surface area (Å²) in [6, 6.07) is 4.17. The summed E-state index contributed by atoms with van der Waals surface area (Å²) in [5.41, 5.74) is 0.742. The molecule has 2 heterocycles. The number of nitrogens with zero attached hydrogens (tertiary/aromatic N) is 1. The number of aliphatic carboxylic acids is 1. The van der Waals surface area contributed by atoms with Gasteiger partial charge in [-0.2, -0.15) is 0 Å². The standard InChI is InChI=1S/C14H11NO5S2/c1-7(13(17)18)15-12(16)11(22-14(15)21)5-8-2-3-9-10(4-8)20-6-19-9/h2-5,7H,6H2,1H3,(H,17,18)/p-1/b11-5-/t7-/m1/s1. The molecule has 6 nitrogen and oxygen atoms in total. The minimum atomic E-state index is -1.35. The average molecular weight is 336 g/mol. The van der Waals surface area contributed by atoms with E-state index in [9.17, 15) is 14.7 Å². The van der Waals surface area contributed by atoms with Gasteiger partial charge in [-0.05, 0) is 30.7 Å². The summed E-state index contributed by atoms with van der Waals surface area (Å²) in [6.45, 7) is 1.54. The highest BCUT2D eigenvalue weighted by molar-refractivity contribution is 8.26. The Balaban J connectivity index is 1.88. The normalized spacial score (nSPS) is 19.9. The molecule has 3 rings (SSSR count). The van der Waals surface area contributed by atoms with E-state index in [4.69, 9.17) is 21.7 Å². The highest BCUT2D eigenvalue weighted by Gasteiger charge is 2.35. The zero-order valence-electron chi connectivity index (χ0n) is 11.4. The van der Waals surface area contributed by atoms with Gasteiger partial charge in [-0.15, -0.1) is 0 Å². The molecule has 0 aliphatic carbocycles. The topological polar surface area (TPSA) is 78.9 Å². The number of benzene rings is 1. The van der Waals surface area contributed by atoms with E-state index in [1.807, 2.05) is 0 Å². The molecule has 114 valence electrons. The van der Waals surface area contributed by atoms with Gasteiger partial charge in [0.1, 0.15) is 4.32 Å². The minimum absolute atomic E-state index is 0.171. The van der Waals surface area contributed by atoms with Gasteiger partial charge < -0.3 is 19.4 Å². The molecule has 1 aromatic rings. The van der Waals surface area contributed by atoms with Crippen LogP contribution in [0.1, 0.15) is 12.5 Å². The number of carbonyl (C=O) groups is 2. The Morgan fingerprint density at radius 2 is 2.18 bits per heavy atom. The maximum atomic E-state index is 12.3. The molecule has 22 heavy (non-hydrogen) atoms. The molecule has 0 aromatic heterocycles. The highest BCUT2D eigenvalue weighted by atomic mass is 32.2. The van der Waals surface area contributed by atoms with Gasteiger partial charge in [0.05, 0.1) is 16.9 Å². The number of hydrogen-bond acceptors (Lipinski definition) is 7. The lowest BCUT2D eigenvalue weighted by Crippen LogP contribution is -2.48. The Hall–Kier alpha value is -2.06. The molecule has 0 radical (unpaired) electrons. The van der Waals surface area contributed by atoms with Crippen LogP contribution in [0.3, 0.4) is 0 Å². The molecule has 0 N–H and O–H groups in total. The smallest absolute Gasteiger partial charge is 0.266 e. The molecule has 1 aromatic carbocycles. The van der Waals surface area contributed by atoms with Crippen LogP contribution >= 0.6 is 24.0 Å². The van der Waals surface area contributed by atoms with E-state index in [1.54, 1.807) is 24.3 Å². The van der Waals surface area contributed by atoms with Crippen molar-refractivity contribution in [2.45, 2.75) is 13.0 Å². The van der Waals surface area contributed by atoms with Gasteiger partial charge in [-0.3, -0.25) is 9.69 Å². The van der Waals surface area contributed by atoms with E-state index >= 15 is 0 Å². The Bertz CT molecular complexity index is 715. The van der Waals surface area contributed by atoms with Gasteiger partial charge in [-0.25, -0.2) is 0 Å². The third kappa shape index (κ3) is 2.55. The summed E-state index contributed by atoms with van der Waals surface area (Å²) >= 11 is 6.14. The van der Waals surface area contributed by atoms with Crippen molar-refractivity contribution in [2.24, 2.45) is 0 Å². The summed E-state index contributed by atoms with van der Waals surface area (Å²) in [7, 11) is 0. The lowest BCUT2D eigenvalue weighted by atomic mass is 10.2. The SMILES string of the molecule is C[C@H](C(=O)[O-])N1C(=O)/C(=C/c2ccc3c(c2)OCO3)SC1=S. The summed E-state index contributed by atoms with van der Waals surface area (Å²) < 4.78 is 10.7. The van der Waals surface area contributed by atoms with Gasteiger partial charge in [0.25, 0.3) is 5.91 Å². The zero-order valence-corrected chi connectivity index (χ0v) is 13.0. The number of thioether (sulfide) groups is 1. The van der Waals surface area contributed by atoms with E-state index in [2.05, 4.69) is 0 Å². The molecule has 0 saturated carbocycles. The van der Waals surface area contributed by atoms with Crippen LogP contribution in [-0.4, -0.2) is 33.9 Å². The van der Waals surface area contributed by atoms with Crippen LogP contribution in [0.5, 0.6) is 11.5 Å². The lowest BCUT2D eigenvalue weighted by molar-refractivity contribution is -0.309. The minimum Gasteiger partial charge on any atom is -0.548 e. The number of rotatable bonds is 3. The van der Waals surface area contributed by atoms with E-state index in [0.29, 0.717) is 16.4 Å². The molecule has 2 aliphatic rings. The van der Waals surface area contributed by atoms with Crippen molar-refractivity contribution in [1.82, 2.24) is 4.90 Å². The van der Waals surface area contributed by atoms with Crippen LogP contribution in [0.2, 0.25) is 0 Å². The first-order chi connectivity index (χ1) is 10.5. The van der Waals surface area contributed by atoms with E-state index in [0.717, 1.165) is 22.2 Å². The summed E-state index contributed by atoms with van der Waals surface area (Å²) in [4.78, 5) is 24.7. The highest BCUT2D eigenvalue weighted by Crippen LogP contribution is 2.36. The largest absolute Gasteiger partial charge is 0.548 e. The monoisotopic (exact) mass is 336 g/mol. The lowest BCUT2D eigenvalue weighted by Gasteiger charge is -2.23. The van der Waals surface area contributed by atoms with Crippen molar-refractivity contribution >= 4 is 46.3 Å². The first-order valence-corrected chi connectivity index (χ1v) is 7.57. The van der Waals surface area contributed by atoms with E-state index in [-0.39, 0.29) is 11.1 Å². The number of carboxylic acids is 1. The van der Waals surface area contributed by atoms with Crippen molar-refractivity contribution in [1.29, 1.82) is 0 Å². The second kappa shape index (κ2) is 5.62. The molecule has 0 spiro atoms. The Labute approximate surface area is 135 Å². The van der Waals surface area contributed by atoms with E-state index in [1.165, 1.54) is 6.92 Å². The van der Waals surface area contributed by atoms with Gasteiger partial charge in [-0.1, -0.05) is 30.0 Å². The molecule has 1 atom stereocenters. The summed E-state index contributed by atoms with van der Waals surface area (Å²) in [5.74, 6) is -0.535. The van der Waals surface area contributed by atoms with Crippen molar-refractivity contribution < 1.29 is 24.2 Å². The predicted octanol–water partition coefficient (Wildman–Crippen LogP) is 0.755. The Kier molecular flexibility index (Phi) is 3.79. The quantitative estimate of drug-likeness (QED) is 0.595. The first kappa shape index (κ1) is 14.9. The maximum Gasteiger partial charge on any atom is 0.266 e. The van der Waals surface area contributed by atoms with Crippen molar-refractivity contribution in [3.05, 3.63) is 28.7 Å². The van der Waals surface area contributed by atoms with Crippen LogP contribution in [0.4, 0.5) is 0 Å². The van der Waals surface area contributed by atoms with Crippen molar-refractivity contribution in [3.63, 3.8) is 0 Å². The number of hydrogen-bond donors (Lipinski definition) is 0. The second-order valence-electron chi connectivity index (χ2n) is 4.66. The molecule has 8 heteroatoms. The Morgan fingerprint density at radius 1 is 1.45 bits per heavy atom. The Morgan fingerprint density at radius 3 is 2.91 bits per heavy atom. The number of carbonyl (C=O) groups excluding carboxylic acids is 2. The van der Waals surface area contributed by atoms with Gasteiger partial charge >= 0.3 is 0 Å². The molecule has 0 unspecified atom stereocenters. The fourth-order valence-corrected chi connectivity index (χ4v) is 3.49. The number of carboxylic acid groups (broad SMARTS) is 1. The molecule has 0 bridgehead atoms. The molecular formula is C14H10NO5S2-. The molecule has 1 fully saturated rings. The number of fused-ring (bicyclic) bond motifs is 1. The van der Waals surface area contributed by atoms with Gasteiger partial charge in [0, 0.05) is 0 Å². The molecular weight excluding hydrogens is 326 g/mol. The fourth-order valence-electron chi connectivity index (χ4n) is 2.07. The van der Waals surface area contributed by atoms with Gasteiger partial charge in [0.15, 0.2) is 11.5 Å².